The van der Waals surface area contributed by atoms with Crippen molar-refractivity contribution in [2.75, 3.05) is 10.6 Å². The molecule has 0 saturated heterocycles. The van der Waals surface area contributed by atoms with E-state index >= 15 is 0 Å². The number of anilines is 3. The molecule has 140 valence electrons. The van der Waals surface area contributed by atoms with Gasteiger partial charge in [-0.05, 0) is 24.6 Å². The largest absolute Gasteiger partial charge is 0.366 e. The number of rotatable bonds is 6. The maximum atomic E-state index is 5.95. The minimum absolute atomic E-state index is 0.438. The summed E-state index contributed by atoms with van der Waals surface area (Å²) in [5, 5.41) is 11.1. The maximum absolute atomic E-state index is 5.95. The van der Waals surface area contributed by atoms with Crippen LogP contribution in [0, 0.1) is 6.92 Å². The lowest BCUT2D eigenvalue weighted by Gasteiger charge is -2.11. The molecule has 0 aliphatic heterocycles. The molecule has 0 atom stereocenters. The Morgan fingerprint density at radius 1 is 0.929 bits per heavy atom. The van der Waals surface area contributed by atoms with Crippen molar-refractivity contribution in [2.45, 2.75) is 13.5 Å². The van der Waals surface area contributed by atoms with E-state index in [1.54, 1.807) is 6.07 Å². The van der Waals surface area contributed by atoms with Gasteiger partial charge in [0.05, 0.1) is 5.69 Å². The summed E-state index contributed by atoms with van der Waals surface area (Å²) in [6.45, 7) is 2.45. The minimum atomic E-state index is 0.438. The van der Waals surface area contributed by atoms with Gasteiger partial charge in [0.15, 0.2) is 5.82 Å². The van der Waals surface area contributed by atoms with E-state index in [1.807, 2.05) is 67.6 Å². The summed E-state index contributed by atoms with van der Waals surface area (Å²) in [4.78, 5) is 9.17. The summed E-state index contributed by atoms with van der Waals surface area (Å²) in [5.74, 6) is 2.41. The molecule has 2 aromatic carbocycles. The van der Waals surface area contributed by atoms with Gasteiger partial charge in [-0.2, -0.15) is 4.98 Å². The van der Waals surface area contributed by atoms with Gasteiger partial charge in [-0.1, -0.05) is 59.2 Å². The molecule has 0 fully saturated rings. The maximum Gasteiger partial charge on any atom is 0.231 e. The SMILES string of the molecule is Cc1cc(Nc2nc(NCc3ccc(Cl)cc3)cc(-c3ccccc3)n2)no1. The molecule has 0 bridgehead atoms. The van der Waals surface area contributed by atoms with E-state index in [0.717, 1.165) is 16.8 Å². The number of halogens is 1. The van der Waals surface area contributed by atoms with Crippen LogP contribution in [0.15, 0.2) is 71.3 Å². The summed E-state index contributed by atoms with van der Waals surface area (Å²) in [6, 6.07) is 21.4. The number of hydrogen-bond acceptors (Lipinski definition) is 6. The molecule has 0 amide bonds. The first kappa shape index (κ1) is 18.0. The minimum Gasteiger partial charge on any atom is -0.366 e. The Balaban J connectivity index is 1.62. The summed E-state index contributed by atoms with van der Waals surface area (Å²) >= 11 is 5.95. The Hall–Kier alpha value is -3.38. The first-order valence-corrected chi connectivity index (χ1v) is 9.17. The van der Waals surface area contributed by atoms with Crippen LogP contribution in [0.4, 0.5) is 17.6 Å². The van der Waals surface area contributed by atoms with Crippen molar-refractivity contribution in [1.82, 2.24) is 15.1 Å². The van der Waals surface area contributed by atoms with Crippen LogP contribution >= 0.6 is 11.6 Å². The van der Waals surface area contributed by atoms with E-state index in [4.69, 9.17) is 16.1 Å². The number of aromatic nitrogens is 3. The van der Waals surface area contributed by atoms with E-state index < -0.39 is 0 Å². The van der Waals surface area contributed by atoms with Crippen LogP contribution < -0.4 is 10.6 Å². The van der Waals surface area contributed by atoms with Crippen molar-refractivity contribution >= 4 is 29.2 Å². The highest BCUT2D eigenvalue weighted by atomic mass is 35.5. The summed E-state index contributed by atoms with van der Waals surface area (Å²) in [7, 11) is 0. The summed E-state index contributed by atoms with van der Waals surface area (Å²) < 4.78 is 5.10. The first-order valence-electron chi connectivity index (χ1n) is 8.79. The molecule has 7 heteroatoms. The molecule has 0 radical (unpaired) electrons. The van der Waals surface area contributed by atoms with Crippen LogP contribution in [-0.4, -0.2) is 15.1 Å². The first-order chi connectivity index (χ1) is 13.7. The fourth-order valence-corrected chi connectivity index (χ4v) is 2.81. The molecule has 4 aromatic rings. The van der Waals surface area contributed by atoms with Gasteiger partial charge in [0.1, 0.15) is 11.6 Å². The number of hydrogen-bond donors (Lipinski definition) is 2. The monoisotopic (exact) mass is 391 g/mol. The lowest BCUT2D eigenvalue weighted by molar-refractivity contribution is 0.400. The van der Waals surface area contributed by atoms with Crippen molar-refractivity contribution in [1.29, 1.82) is 0 Å². The third kappa shape index (κ3) is 4.47. The van der Waals surface area contributed by atoms with E-state index in [-0.39, 0.29) is 0 Å². The van der Waals surface area contributed by atoms with Crippen LogP contribution in [0.2, 0.25) is 5.02 Å². The Bertz CT molecular complexity index is 1060. The van der Waals surface area contributed by atoms with Crippen LogP contribution in [-0.2, 0) is 6.54 Å². The second-order valence-electron chi connectivity index (χ2n) is 6.26. The second kappa shape index (κ2) is 8.10. The number of nitrogens with one attached hydrogen (secondary N) is 2. The molecule has 0 aliphatic carbocycles. The van der Waals surface area contributed by atoms with E-state index in [0.29, 0.717) is 34.9 Å². The predicted molar refractivity (Wildman–Crippen MR) is 111 cm³/mol. The van der Waals surface area contributed by atoms with E-state index in [2.05, 4.69) is 25.8 Å². The molecule has 0 aliphatic rings. The van der Waals surface area contributed by atoms with E-state index in [1.165, 1.54) is 0 Å². The Kier molecular flexibility index (Phi) is 5.21. The van der Waals surface area contributed by atoms with Crippen molar-refractivity contribution in [3.8, 4) is 11.3 Å². The highest BCUT2D eigenvalue weighted by Crippen LogP contribution is 2.23. The van der Waals surface area contributed by atoms with Gasteiger partial charge in [-0.15, -0.1) is 0 Å². The number of nitrogens with zero attached hydrogens (tertiary/aromatic N) is 3. The van der Waals surface area contributed by atoms with Crippen molar-refractivity contribution < 1.29 is 4.52 Å². The lowest BCUT2D eigenvalue weighted by Crippen LogP contribution is -2.05. The average Bonchev–Trinajstić information content (AvgIpc) is 3.12. The molecule has 0 spiro atoms. The number of aryl methyl sites for hydroxylation is 1. The topological polar surface area (TPSA) is 75.9 Å². The molecule has 0 saturated carbocycles. The third-order valence-corrected chi connectivity index (χ3v) is 4.30. The Morgan fingerprint density at radius 2 is 1.71 bits per heavy atom. The fraction of sp³-hybridized carbons (Fsp3) is 0.0952. The van der Waals surface area contributed by atoms with Crippen LogP contribution in [0.1, 0.15) is 11.3 Å². The predicted octanol–water partition coefficient (Wildman–Crippen LogP) is 5.45. The lowest BCUT2D eigenvalue weighted by atomic mass is 10.1. The van der Waals surface area contributed by atoms with Crippen LogP contribution in [0.25, 0.3) is 11.3 Å². The van der Waals surface area contributed by atoms with Gasteiger partial charge >= 0.3 is 0 Å². The Labute approximate surface area is 167 Å². The standard InChI is InChI=1S/C21H18ClN5O/c1-14-11-20(27-28-14)26-21-24-18(16-5-3-2-4-6-16)12-19(25-21)23-13-15-7-9-17(22)10-8-15/h2-12H,13H2,1H3,(H2,23,24,25,26,27). The van der Waals surface area contributed by atoms with Gasteiger partial charge in [0, 0.05) is 29.3 Å². The Morgan fingerprint density at radius 3 is 2.43 bits per heavy atom. The molecule has 2 heterocycles. The van der Waals surface area contributed by atoms with Gasteiger partial charge < -0.3 is 15.2 Å². The summed E-state index contributed by atoms with van der Waals surface area (Å²) in [6.07, 6.45) is 0. The molecular formula is C21H18ClN5O. The second-order valence-corrected chi connectivity index (χ2v) is 6.69. The van der Waals surface area contributed by atoms with Crippen LogP contribution in [0.3, 0.4) is 0 Å². The molecule has 4 rings (SSSR count). The molecule has 2 N–H and O–H groups in total. The van der Waals surface area contributed by atoms with Crippen molar-refractivity contribution in [2.24, 2.45) is 0 Å². The summed E-state index contributed by atoms with van der Waals surface area (Å²) in [5.41, 5.74) is 2.90. The molecule has 28 heavy (non-hydrogen) atoms. The number of benzene rings is 2. The van der Waals surface area contributed by atoms with E-state index in [9.17, 15) is 0 Å². The third-order valence-electron chi connectivity index (χ3n) is 4.05. The fourth-order valence-electron chi connectivity index (χ4n) is 2.69. The zero-order chi connectivity index (χ0) is 19.3. The molecule has 2 aromatic heterocycles. The molecule has 6 nitrogen and oxygen atoms in total. The van der Waals surface area contributed by atoms with Crippen molar-refractivity contribution in [3.05, 3.63) is 83.1 Å². The highest BCUT2D eigenvalue weighted by molar-refractivity contribution is 6.30. The smallest absolute Gasteiger partial charge is 0.231 e. The highest BCUT2D eigenvalue weighted by Gasteiger charge is 2.09. The van der Waals surface area contributed by atoms with Gasteiger partial charge in [0.2, 0.25) is 5.95 Å². The quantitative estimate of drug-likeness (QED) is 0.455. The van der Waals surface area contributed by atoms with Gasteiger partial charge in [-0.25, -0.2) is 4.98 Å². The van der Waals surface area contributed by atoms with Crippen LogP contribution in [0.5, 0.6) is 0 Å². The van der Waals surface area contributed by atoms with Gasteiger partial charge in [-0.3, -0.25) is 0 Å². The average molecular weight is 392 g/mol. The van der Waals surface area contributed by atoms with Crippen molar-refractivity contribution in [3.63, 3.8) is 0 Å². The molecule has 0 unspecified atom stereocenters. The van der Waals surface area contributed by atoms with Gasteiger partial charge in [0.25, 0.3) is 0 Å². The normalized spacial score (nSPS) is 10.6. The molecular weight excluding hydrogens is 374 g/mol. The zero-order valence-electron chi connectivity index (χ0n) is 15.2. The zero-order valence-corrected chi connectivity index (χ0v) is 15.9.